The number of fused-ring (bicyclic) bond motifs is 1. The normalized spacial score (nSPS) is 11.2. The van der Waals surface area contributed by atoms with E-state index >= 15 is 0 Å². The summed E-state index contributed by atoms with van der Waals surface area (Å²) in [5.41, 5.74) is 2.47. The molecule has 2 rings (SSSR count). The number of carbonyl (C=O) groups is 1. The smallest absolute Gasteiger partial charge is 0.342 e. The molecular weight excluding hydrogens is 359 g/mol. The zero-order valence-electron chi connectivity index (χ0n) is 10.8. The van der Waals surface area contributed by atoms with Crippen LogP contribution in [0.3, 0.4) is 0 Å². The number of carboxylic acids is 1. The molecular formula is C14H13IO4. The van der Waals surface area contributed by atoms with Gasteiger partial charge >= 0.3 is 25.8 Å². The largest absolute Gasteiger partial charge is 0.478 e. The second kappa shape index (κ2) is 4.88. The van der Waals surface area contributed by atoms with Crippen molar-refractivity contribution in [1.29, 1.82) is 0 Å². The Morgan fingerprint density at radius 3 is 2.26 bits per heavy atom. The Kier molecular flexibility index (Phi) is 3.58. The molecule has 2 aromatic carbocycles. The number of rotatable bonds is 2. The summed E-state index contributed by atoms with van der Waals surface area (Å²) in [7, 11) is 0. The highest BCUT2D eigenvalue weighted by atomic mass is 127. The van der Waals surface area contributed by atoms with E-state index in [1.807, 2.05) is 26.0 Å². The first kappa shape index (κ1) is 13.9. The molecule has 0 aliphatic rings. The molecule has 2 aromatic rings. The molecule has 19 heavy (non-hydrogen) atoms. The maximum absolute atomic E-state index is 11.5. The third-order valence-electron chi connectivity index (χ3n) is 3.39. The standard InChI is InChI=1S/C14H13IO4/c1-7-4-5-10-6-11(14(16)17)13(15(18)19)9(3)12(10)8(7)2/h4-6H,1-3H3,(H,16,17). The van der Waals surface area contributed by atoms with Gasteiger partial charge in [0.15, 0.2) is 0 Å². The van der Waals surface area contributed by atoms with Crippen LogP contribution in [-0.2, 0) is 6.14 Å². The summed E-state index contributed by atoms with van der Waals surface area (Å²) in [6.45, 7) is 5.55. The molecule has 0 fully saturated rings. The lowest BCUT2D eigenvalue weighted by molar-refractivity contribution is 0.0695. The molecule has 0 heterocycles. The van der Waals surface area contributed by atoms with Crippen molar-refractivity contribution in [2.45, 2.75) is 20.8 Å². The summed E-state index contributed by atoms with van der Waals surface area (Å²) in [5, 5.41) is 10.8. The number of hydrogen-bond acceptors (Lipinski definition) is 3. The van der Waals surface area contributed by atoms with Crippen molar-refractivity contribution < 1.29 is 16.0 Å². The maximum Gasteiger partial charge on any atom is 0.342 e. The molecule has 0 aliphatic heterocycles. The molecule has 1 N–H and O–H groups in total. The average Bonchev–Trinajstić information content (AvgIpc) is 2.32. The zero-order valence-corrected chi connectivity index (χ0v) is 12.9. The van der Waals surface area contributed by atoms with Crippen LogP contribution in [0.5, 0.6) is 0 Å². The Balaban J connectivity index is 3.07. The highest BCUT2D eigenvalue weighted by Gasteiger charge is 2.20. The van der Waals surface area contributed by atoms with Gasteiger partial charge in [0.2, 0.25) is 0 Å². The molecule has 100 valence electrons. The fourth-order valence-electron chi connectivity index (χ4n) is 2.34. The van der Waals surface area contributed by atoms with E-state index in [0.29, 0.717) is 5.56 Å². The minimum absolute atomic E-state index is 0.00194. The number of carboxylic acid groups (broad SMARTS) is 1. The molecule has 0 bridgehead atoms. The zero-order chi connectivity index (χ0) is 14.3. The summed E-state index contributed by atoms with van der Waals surface area (Å²) >= 11 is -3.87. The molecule has 0 amide bonds. The van der Waals surface area contributed by atoms with E-state index in [2.05, 4.69) is 0 Å². The van der Waals surface area contributed by atoms with Crippen LogP contribution in [0.2, 0.25) is 0 Å². The second-order valence-electron chi connectivity index (χ2n) is 4.49. The predicted octanol–water partition coefficient (Wildman–Crippen LogP) is 3.83. The van der Waals surface area contributed by atoms with Crippen molar-refractivity contribution in [1.82, 2.24) is 0 Å². The predicted molar refractivity (Wildman–Crippen MR) is 79.2 cm³/mol. The van der Waals surface area contributed by atoms with E-state index in [1.165, 1.54) is 6.07 Å². The van der Waals surface area contributed by atoms with Gasteiger partial charge in [-0.2, -0.15) is 0 Å². The van der Waals surface area contributed by atoms with Gasteiger partial charge in [0, 0.05) is 0 Å². The van der Waals surface area contributed by atoms with E-state index in [0.717, 1.165) is 21.9 Å². The van der Waals surface area contributed by atoms with Crippen LogP contribution < -0.4 is 0 Å². The van der Waals surface area contributed by atoms with Crippen LogP contribution >= 0.6 is 19.8 Å². The molecule has 0 atom stereocenters. The second-order valence-corrected chi connectivity index (χ2v) is 6.81. The Bertz CT molecular complexity index is 765. The van der Waals surface area contributed by atoms with Gasteiger partial charge in [-0.05, 0) is 54.3 Å². The lowest BCUT2D eigenvalue weighted by Gasteiger charge is -2.12. The maximum atomic E-state index is 11.5. The number of hydrogen-bond donors (Lipinski definition) is 1. The van der Waals surface area contributed by atoms with Gasteiger partial charge in [-0.1, -0.05) is 12.1 Å². The summed E-state index contributed by atoms with van der Waals surface area (Å²) in [5.74, 6) is -1.20. The summed E-state index contributed by atoms with van der Waals surface area (Å²) in [4.78, 5) is 11.2. The van der Waals surface area contributed by atoms with E-state index in [9.17, 15) is 10.9 Å². The number of halogens is 1. The first-order valence-corrected chi connectivity index (χ1v) is 8.50. The van der Waals surface area contributed by atoms with Crippen molar-refractivity contribution in [3.05, 3.63) is 44.0 Å². The van der Waals surface area contributed by atoms with Crippen molar-refractivity contribution in [2.24, 2.45) is 0 Å². The summed E-state index contributed by atoms with van der Waals surface area (Å²) in [6, 6.07) is 5.19. The molecule has 0 spiro atoms. The first-order valence-electron chi connectivity index (χ1n) is 5.66. The molecule has 0 aromatic heterocycles. The van der Waals surface area contributed by atoms with Gasteiger partial charge in [0.1, 0.15) is 0 Å². The molecule has 0 aliphatic carbocycles. The third-order valence-corrected chi connectivity index (χ3v) is 5.66. The van der Waals surface area contributed by atoms with Crippen LogP contribution in [0, 0.1) is 24.3 Å². The summed E-state index contributed by atoms with van der Waals surface area (Å²) < 4.78 is 22.9. The number of aryl methyl sites for hydroxylation is 3. The van der Waals surface area contributed by atoms with Gasteiger partial charge < -0.3 is 5.11 Å². The fourth-order valence-corrected chi connectivity index (χ4v) is 4.13. The average molecular weight is 372 g/mol. The molecule has 0 saturated heterocycles. The van der Waals surface area contributed by atoms with Gasteiger partial charge in [0.05, 0.1) is 9.13 Å². The van der Waals surface area contributed by atoms with E-state index in [1.54, 1.807) is 6.92 Å². The molecule has 0 unspecified atom stereocenters. The molecule has 0 saturated carbocycles. The molecule has 5 heteroatoms. The van der Waals surface area contributed by atoms with Gasteiger partial charge in [-0.3, -0.25) is 0 Å². The Labute approximate surface area is 117 Å². The lowest BCUT2D eigenvalue weighted by atomic mass is 9.95. The van der Waals surface area contributed by atoms with Crippen LogP contribution in [0.1, 0.15) is 27.0 Å². The van der Waals surface area contributed by atoms with E-state index < -0.39 is 25.8 Å². The van der Waals surface area contributed by atoms with Gasteiger partial charge in [-0.25, -0.2) is 10.9 Å². The van der Waals surface area contributed by atoms with Crippen LogP contribution in [-0.4, -0.2) is 11.1 Å². The highest BCUT2D eigenvalue weighted by molar-refractivity contribution is 14.2. The van der Waals surface area contributed by atoms with E-state index in [-0.39, 0.29) is 9.13 Å². The quantitative estimate of drug-likeness (QED) is 0.814. The van der Waals surface area contributed by atoms with Gasteiger partial charge in [-0.15, -0.1) is 0 Å². The van der Waals surface area contributed by atoms with Crippen molar-refractivity contribution >= 4 is 36.5 Å². The number of benzene rings is 2. The third kappa shape index (κ3) is 2.22. The minimum atomic E-state index is -3.87. The Hall–Kier alpha value is -1.50. The van der Waals surface area contributed by atoms with Crippen LogP contribution in [0.15, 0.2) is 18.2 Å². The first-order chi connectivity index (χ1) is 8.84. The molecule has 4 nitrogen and oxygen atoms in total. The van der Waals surface area contributed by atoms with E-state index in [4.69, 9.17) is 5.11 Å². The SMILES string of the molecule is Cc1ccc2cc(C(=O)O)c(I(=O)=O)c(C)c2c1C. The van der Waals surface area contributed by atoms with Crippen LogP contribution in [0.25, 0.3) is 10.8 Å². The Morgan fingerprint density at radius 2 is 1.74 bits per heavy atom. The van der Waals surface area contributed by atoms with Crippen molar-refractivity contribution in [2.75, 3.05) is 0 Å². The topological polar surface area (TPSA) is 71.4 Å². The monoisotopic (exact) mass is 372 g/mol. The van der Waals surface area contributed by atoms with Crippen molar-refractivity contribution in [3.63, 3.8) is 0 Å². The highest BCUT2D eigenvalue weighted by Crippen LogP contribution is 2.34. The van der Waals surface area contributed by atoms with Gasteiger partial charge in [0.25, 0.3) is 0 Å². The minimum Gasteiger partial charge on any atom is -0.478 e. The Morgan fingerprint density at radius 1 is 1.11 bits per heavy atom. The molecule has 0 radical (unpaired) electrons. The number of aromatic carboxylic acids is 1. The lowest BCUT2D eigenvalue weighted by Crippen LogP contribution is -2.03. The summed E-state index contributed by atoms with van der Waals surface area (Å²) in [6.07, 6.45) is 0. The van der Waals surface area contributed by atoms with Crippen LogP contribution in [0.4, 0.5) is 0 Å². The van der Waals surface area contributed by atoms with Crippen molar-refractivity contribution in [3.8, 4) is 0 Å². The fraction of sp³-hybridized carbons (Fsp3) is 0.214.